The van der Waals surface area contributed by atoms with Crippen LogP contribution in [0.25, 0.3) is 0 Å². The molecular weight excluding hydrogens is 279 g/mol. The van der Waals surface area contributed by atoms with E-state index in [1.807, 2.05) is 18.2 Å². The minimum absolute atomic E-state index is 0.547. The summed E-state index contributed by atoms with van der Waals surface area (Å²) in [7, 11) is 2.15. The van der Waals surface area contributed by atoms with Crippen molar-refractivity contribution in [2.24, 2.45) is 11.7 Å². The van der Waals surface area contributed by atoms with Crippen LogP contribution in [0.4, 0.5) is 0 Å². The van der Waals surface area contributed by atoms with Crippen molar-refractivity contribution in [3.05, 3.63) is 33.8 Å². The molecular formula is C15H22Cl2N2. The summed E-state index contributed by atoms with van der Waals surface area (Å²) in [6, 6.07) is 6.24. The normalized spacial score (nSPS) is 23.8. The van der Waals surface area contributed by atoms with E-state index < -0.39 is 0 Å². The Kier molecular flexibility index (Phi) is 5.52. The van der Waals surface area contributed by atoms with Gasteiger partial charge in [0.05, 0.1) is 0 Å². The molecule has 0 heterocycles. The van der Waals surface area contributed by atoms with Crippen LogP contribution in [-0.4, -0.2) is 24.5 Å². The molecule has 2 atom stereocenters. The van der Waals surface area contributed by atoms with Crippen molar-refractivity contribution in [3.63, 3.8) is 0 Å². The Morgan fingerprint density at radius 2 is 1.84 bits per heavy atom. The topological polar surface area (TPSA) is 29.3 Å². The highest BCUT2D eigenvalue weighted by Gasteiger charge is 2.27. The van der Waals surface area contributed by atoms with Gasteiger partial charge in [-0.25, -0.2) is 0 Å². The van der Waals surface area contributed by atoms with Crippen LogP contribution in [0.15, 0.2) is 18.2 Å². The fourth-order valence-electron chi connectivity index (χ4n) is 3.09. The SMILES string of the molecule is CN(Cc1c(Cl)cccc1Cl)C1CCCCC1CN. The van der Waals surface area contributed by atoms with E-state index in [0.717, 1.165) is 28.7 Å². The maximum atomic E-state index is 6.25. The van der Waals surface area contributed by atoms with E-state index in [1.165, 1.54) is 25.7 Å². The van der Waals surface area contributed by atoms with E-state index in [1.54, 1.807) is 0 Å². The first-order chi connectivity index (χ1) is 9.13. The number of hydrogen-bond donors (Lipinski definition) is 1. The Morgan fingerprint density at radius 3 is 2.47 bits per heavy atom. The molecule has 4 heteroatoms. The number of benzene rings is 1. The zero-order chi connectivity index (χ0) is 13.8. The summed E-state index contributed by atoms with van der Waals surface area (Å²) in [5.74, 6) is 0.597. The van der Waals surface area contributed by atoms with Gasteiger partial charge in [0, 0.05) is 28.2 Å². The lowest BCUT2D eigenvalue weighted by Crippen LogP contribution is -2.42. The summed E-state index contributed by atoms with van der Waals surface area (Å²) in [5.41, 5.74) is 6.93. The van der Waals surface area contributed by atoms with Gasteiger partial charge in [-0.3, -0.25) is 4.90 Å². The second-order valence-electron chi connectivity index (χ2n) is 5.46. The number of nitrogens with zero attached hydrogens (tertiary/aromatic N) is 1. The lowest BCUT2D eigenvalue weighted by molar-refractivity contribution is 0.127. The number of halogens is 2. The predicted molar refractivity (Wildman–Crippen MR) is 82.7 cm³/mol. The van der Waals surface area contributed by atoms with Crippen LogP contribution in [0, 0.1) is 5.92 Å². The third kappa shape index (κ3) is 3.63. The Labute approximate surface area is 125 Å². The Morgan fingerprint density at radius 1 is 1.21 bits per heavy atom. The zero-order valence-corrected chi connectivity index (χ0v) is 12.9. The molecule has 1 aromatic carbocycles. The van der Waals surface area contributed by atoms with E-state index in [9.17, 15) is 0 Å². The average Bonchev–Trinajstić information content (AvgIpc) is 2.42. The monoisotopic (exact) mass is 300 g/mol. The molecule has 1 saturated carbocycles. The summed E-state index contributed by atoms with van der Waals surface area (Å²) in [4.78, 5) is 2.36. The molecule has 0 aromatic heterocycles. The lowest BCUT2D eigenvalue weighted by Gasteiger charge is -2.37. The van der Waals surface area contributed by atoms with Crippen LogP contribution in [0.2, 0.25) is 10.0 Å². The molecule has 106 valence electrons. The quantitative estimate of drug-likeness (QED) is 0.912. The number of hydrogen-bond acceptors (Lipinski definition) is 2. The summed E-state index contributed by atoms with van der Waals surface area (Å²) >= 11 is 12.5. The van der Waals surface area contributed by atoms with Crippen LogP contribution in [-0.2, 0) is 6.54 Å². The molecule has 0 aliphatic heterocycles. The molecule has 1 fully saturated rings. The first-order valence-corrected chi connectivity index (χ1v) is 7.72. The van der Waals surface area contributed by atoms with E-state index in [4.69, 9.17) is 28.9 Å². The van der Waals surface area contributed by atoms with Gasteiger partial charge in [-0.15, -0.1) is 0 Å². The average molecular weight is 301 g/mol. The highest BCUT2D eigenvalue weighted by atomic mass is 35.5. The highest BCUT2D eigenvalue weighted by Crippen LogP contribution is 2.31. The second-order valence-corrected chi connectivity index (χ2v) is 6.28. The Bertz CT molecular complexity index is 402. The number of nitrogens with two attached hydrogens (primary N) is 1. The molecule has 2 nitrogen and oxygen atoms in total. The Balaban J connectivity index is 2.09. The molecule has 0 saturated heterocycles. The van der Waals surface area contributed by atoms with Gasteiger partial charge in [0.1, 0.15) is 0 Å². The third-order valence-corrected chi connectivity index (χ3v) is 4.92. The molecule has 1 aliphatic rings. The van der Waals surface area contributed by atoms with Gasteiger partial charge in [0.25, 0.3) is 0 Å². The van der Waals surface area contributed by atoms with Gasteiger partial charge in [0.15, 0.2) is 0 Å². The fraction of sp³-hybridized carbons (Fsp3) is 0.600. The molecule has 0 amide bonds. The maximum Gasteiger partial charge on any atom is 0.0465 e. The molecule has 1 aliphatic carbocycles. The fourth-order valence-corrected chi connectivity index (χ4v) is 3.61. The largest absolute Gasteiger partial charge is 0.330 e. The molecule has 1 aromatic rings. The molecule has 0 spiro atoms. The van der Waals surface area contributed by atoms with E-state index in [0.29, 0.717) is 12.0 Å². The minimum Gasteiger partial charge on any atom is -0.330 e. The highest BCUT2D eigenvalue weighted by molar-refractivity contribution is 6.35. The van der Waals surface area contributed by atoms with Gasteiger partial charge >= 0.3 is 0 Å². The standard InChI is InChI=1S/C15H22Cl2N2/c1-19(15-8-3-2-5-11(15)9-18)10-12-13(16)6-4-7-14(12)17/h4,6-7,11,15H,2-3,5,8-10,18H2,1H3. The van der Waals surface area contributed by atoms with Crippen molar-refractivity contribution in [2.75, 3.05) is 13.6 Å². The van der Waals surface area contributed by atoms with Crippen LogP contribution >= 0.6 is 23.2 Å². The van der Waals surface area contributed by atoms with E-state index >= 15 is 0 Å². The molecule has 19 heavy (non-hydrogen) atoms. The second kappa shape index (κ2) is 6.94. The molecule has 2 unspecified atom stereocenters. The predicted octanol–water partition coefficient (Wildman–Crippen LogP) is 3.94. The van der Waals surface area contributed by atoms with Crippen molar-refractivity contribution in [1.29, 1.82) is 0 Å². The van der Waals surface area contributed by atoms with Crippen LogP contribution in [0.1, 0.15) is 31.2 Å². The number of rotatable bonds is 4. The first-order valence-electron chi connectivity index (χ1n) is 6.96. The summed E-state index contributed by atoms with van der Waals surface area (Å²) in [6.45, 7) is 1.56. The van der Waals surface area contributed by atoms with Crippen molar-refractivity contribution >= 4 is 23.2 Å². The van der Waals surface area contributed by atoms with Crippen LogP contribution < -0.4 is 5.73 Å². The minimum atomic E-state index is 0.547. The van der Waals surface area contributed by atoms with Crippen molar-refractivity contribution in [1.82, 2.24) is 4.90 Å². The van der Waals surface area contributed by atoms with Gasteiger partial charge in [-0.2, -0.15) is 0 Å². The maximum absolute atomic E-state index is 6.25. The molecule has 2 rings (SSSR count). The Hall–Kier alpha value is -0.280. The van der Waals surface area contributed by atoms with Gasteiger partial charge in [0.2, 0.25) is 0 Å². The summed E-state index contributed by atoms with van der Waals surface area (Å²) in [6.07, 6.45) is 5.06. The first kappa shape index (κ1) is 15.1. The van der Waals surface area contributed by atoms with Crippen LogP contribution in [0.5, 0.6) is 0 Å². The van der Waals surface area contributed by atoms with Gasteiger partial charge in [-0.05, 0) is 44.5 Å². The van der Waals surface area contributed by atoms with E-state index in [2.05, 4.69) is 11.9 Å². The molecule has 0 bridgehead atoms. The summed E-state index contributed by atoms with van der Waals surface area (Å²) < 4.78 is 0. The smallest absolute Gasteiger partial charge is 0.0465 e. The van der Waals surface area contributed by atoms with Crippen molar-refractivity contribution in [3.8, 4) is 0 Å². The molecule has 2 N–H and O–H groups in total. The third-order valence-electron chi connectivity index (χ3n) is 4.21. The van der Waals surface area contributed by atoms with Crippen molar-refractivity contribution in [2.45, 2.75) is 38.3 Å². The molecule has 0 radical (unpaired) electrons. The zero-order valence-electron chi connectivity index (χ0n) is 11.4. The summed E-state index contributed by atoms with van der Waals surface area (Å²) in [5, 5.41) is 1.50. The van der Waals surface area contributed by atoms with Gasteiger partial charge in [-0.1, -0.05) is 42.1 Å². The van der Waals surface area contributed by atoms with Gasteiger partial charge < -0.3 is 5.73 Å². The lowest BCUT2D eigenvalue weighted by atomic mass is 9.83. The van der Waals surface area contributed by atoms with Crippen LogP contribution in [0.3, 0.4) is 0 Å². The van der Waals surface area contributed by atoms with E-state index in [-0.39, 0.29) is 0 Å². The van der Waals surface area contributed by atoms with Crippen molar-refractivity contribution < 1.29 is 0 Å².